The second-order valence-electron chi connectivity index (χ2n) is 5.46. The van der Waals surface area contributed by atoms with Crippen LogP contribution in [0.25, 0.3) is 0 Å². The molecule has 0 bridgehead atoms. The molecule has 2 aliphatic rings. The van der Waals surface area contributed by atoms with E-state index in [9.17, 15) is 14.4 Å². The molecule has 0 radical (unpaired) electrons. The van der Waals surface area contributed by atoms with E-state index in [1.807, 2.05) is 6.92 Å². The lowest BCUT2D eigenvalue weighted by molar-refractivity contribution is -0.143. The molecule has 0 aromatic carbocycles. The third-order valence-electron chi connectivity index (χ3n) is 3.73. The standard InChI is InChI=1S/C13H20N2O3S/c1-3-5-9-10(16)14-12(18)15(11(9)17)8-13(2)6-4-7-19-13/h9H,3-8H2,1-2H3,(H,14,16,18). The van der Waals surface area contributed by atoms with Gasteiger partial charge in [0, 0.05) is 11.3 Å². The summed E-state index contributed by atoms with van der Waals surface area (Å²) in [5.41, 5.74) is 0. The van der Waals surface area contributed by atoms with Gasteiger partial charge in [0.1, 0.15) is 5.92 Å². The summed E-state index contributed by atoms with van der Waals surface area (Å²) in [7, 11) is 0. The Balaban J connectivity index is 2.12. The molecule has 0 aromatic rings. The Kier molecular flexibility index (Phi) is 4.18. The van der Waals surface area contributed by atoms with Crippen molar-refractivity contribution < 1.29 is 14.4 Å². The molecule has 0 aromatic heterocycles. The van der Waals surface area contributed by atoms with E-state index in [4.69, 9.17) is 0 Å². The highest BCUT2D eigenvalue weighted by molar-refractivity contribution is 8.00. The largest absolute Gasteiger partial charge is 0.330 e. The Morgan fingerprint density at radius 3 is 2.74 bits per heavy atom. The molecular formula is C13H20N2O3S. The van der Waals surface area contributed by atoms with Crippen LogP contribution in [0.1, 0.15) is 39.5 Å². The lowest BCUT2D eigenvalue weighted by atomic mass is 9.97. The maximum absolute atomic E-state index is 12.3. The van der Waals surface area contributed by atoms with Crippen molar-refractivity contribution in [3.63, 3.8) is 0 Å². The zero-order valence-corrected chi connectivity index (χ0v) is 12.2. The average Bonchev–Trinajstić information content (AvgIpc) is 2.77. The molecule has 2 rings (SSSR count). The monoisotopic (exact) mass is 284 g/mol. The fraction of sp³-hybridized carbons (Fsp3) is 0.769. The lowest BCUT2D eigenvalue weighted by Crippen LogP contribution is -2.60. The van der Waals surface area contributed by atoms with Crippen molar-refractivity contribution in [3.8, 4) is 0 Å². The highest BCUT2D eigenvalue weighted by Crippen LogP contribution is 2.38. The van der Waals surface area contributed by atoms with Crippen molar-refractivity contribution in [1.29, 1.82) is 0 Å². The fourth-order valence-corrected chi connectivity index (χ4v) is 3.94. The molecule has 6 heteroatoms. The van der Waals surface area contributed by atoms with E-state index in [1.54, 1.807) is 11.8 Å². The van der Waals surface area contributed by atoms with Gasteiger partial charge in [0.05, 0.1) is 0 Å². The van der Waals surface area contributed by atoms with E-state index >= 15 is 0 Å². The molecule has 1 N–H and O–H groups in total. The first-order valence-corrected chi connectivity index (χ1v) is 7.75. The van der Waals surface area contributed by atoms with Crippen LogP contribution in [0, 0.1) is 5.92 Å². The molecular weight excluding hydrogens is 264 g/mol. The summed E-state index contributed by atoms with van der Waals surface area (Å²) in [6.07, 6.45) is 3.36. The number of nitrogens with one attached hydrogen (secondary N) is 1. The maximum atomic E-state index is 12.3. The van der Waals surface area contributed by atoms with Gasteiger partial charge >= 0.3 is 6.03 Å². The Morgan fingerprint density at radius 1 is 1.42 bits per heavy atom. The number of hydrogen-bond acceptors (Lipinski definition) is 4. The minimum absolute atomic E-state index is 0.0653. The topological polar surface area (TPSA) is 66.5 Å². The molecule has 0 saturated carbocycles. The van der Waals surface area contributed by atoms with Gasteiger partial charge in [-0.25, -0.2) is 4.79 Å². The van der Waals surface area contributed by atoms with Crippen LogP contribution in [0.3, 0.4) is 0 Å². The minimum Gasteiger partial charge on any atom is -0.277 e. The first-order valence-electron chi connectivity index (χ1n) is 6.77. The van der Waals surface area contributed by atoms with Crippen LogP contribution in [0.5, 0.6) is 0 Å². The molecule has 2 atom stereocenters. The zero-order valence-electron chi connectivity index (χ0n) is 11.4. The van der Waals surface area contributed by atoms with Crippen molar-refractivity contribution in [2.24, 2.45) is 5.92 Å². The summed E-state index contributed by atoms with van der Waals surface area (Å²) >= 11 is 1.80. The number of nitrogens with zero attached hydrogens (tertiary/aromatic N) is 1. The van der Waals surface area contributed by atoms with Crippen LogP contribution < -0.4 is 5.32 Å². The predicted octanol–water partition coefficient (Wildman–Crippen LogP) is 1.77. The highest BCUT2D eigenvalue weighted by Gasteiger charge is 2.43. The molecule has 2 aliphatic heterocycles. The van der Waals surface area contributed by atoms with Gasteiger partial charge in [-0.3, -0.25) is 19.8 Å². The summed E-state index contributed by atoms with van der Waals surface area (Å²) in [5, 5.41) is 2.30. The lowest BCUT2D eigenvalue weighted by Gasteiger charge is -2.35. The van der Waals surface area contributed by atoms with Gasteiger partial charge in [-0.2, -0.15) is 11.8 Å². The number of thioether (sulfide) groups is 1. The molecule has 19 heavy (non-hydrogen) atoms. The highest BCUT2D eigenvalue weighted by atomic mass is 32.2. The first-order chi connectivity index (χ1) is 8.97. The van der Waals surface area contributed by atoms with Crippen LogP contribution in [0.2, 0.25) is 0 Å². The molecule has 0 spiro atoms. The van der Waals surface area contributed by atoms with Crippen molar-refractivity contribution in [2.75, 3.05) is 12.3 Å². The van der Waals surface area contributed by atoms with Crippen LogP contribution in [-0.4, -0.2) is 39.8 Å². The third-order valence-corrected chi connectivity index (χ3v) is 5.25. The Hall–Kier alpha value is -1.04. The number of imide groups is 2. The molecule has 4 amide bonds. The van der Waals surface area contributed by atoms with Gasteiger partial charge in [0.25, 0.3) is 0 Å². The number of rotatable bonds is 4. The summed E-state index contributed by atoms with van der Waals surface area (Å²) in [4.78, 5) is 37.1. The van der Waals surface area contributed by atoms with E-state index in [-0.39, 0.29) is 10.7 Å². The molecule has 2 fully saturated rings. The quantitative estimate of drug-likeness (QED) is 0.799. The molecule has 2 saturated heterocycles. The maximum Gasteiger partial charge on any atom is 0.330 e. The Morgan fingerprint density at radius 2 is 2.16 bits per heavy atom. The van der Waals surface area contributed by atoms with Crippen molar-refractivity contribution in [3.05, 3.63) is 0 Å². The minimum atomic E-state index is -0.697. The Bertz CT molecular complexity index is 405. The van der Waals surface area contributed by atoms with Gasteiger partial charge < -0.3 is 0 Å². The van der Waals surface area contributed by atoms with Crippen LogP contribution >= 0.6 is 11.8 Å². The Labute approximate surface area is 117 Å². The molecule has 2 heterocycles. The van der Waals surface area contributed by atoms with E-state index in [2.05, 4.69) is 12.2 Å². The van der Waals surface area contributed by atoms with Crippen molar-refractivity contribution in [1.82, 2.24) is 10.2 Å². The fourth-order valence-electron chi connectivity index (χ4n) is 2.65. The van der Waals surface area contributed by atoms with Crippen molar-refractivity contribution >= 4 is 29.6 Å². The predicted molar refractivity (Wildman–Crippen MR) is 73.7 cm³/mol. The third kappa shape index (κ3) is 2.94. The zero-order chi connectivity index (χ0) is 14.0. The van der Waals surface area contributed by atoms with E-state index < -0.39 is 17.9 Å². The number of carbonyl (C=O) groups excluding carboxylic acids is 3. The molecule has 2 unspecified atom stereocenters. The smallest absolute Gasteiger partial charge is 0.277 e. The summed E-state index contributed by atoms with van der Waals surface area (Å²) in [5.74, 6) is -0.406. The average molecular weight is 284 g/mol. The van der Waals surface area contributed by atoms with Crippen molar-refractivity contribution in [2.45, 2.75) is 44.3 Å². The van der Waals surface area contributed by atoms with Crippen LogP contribution in [-0.2, 0) is 9.59 Å². The van der Waals surface area contributed by atoms with Crippen LogP contribution in [0.4, 0.5) is 4.79 Å². The summed E-state index contributed by atoms with van der Waals surface area (Å²) in [6, 6.07) is -0.559. The first kappa shape index (κ1) is 14.4. The summed E-state index contributed by atoms with van der Waals surface area (Å²) < 4.78 is -0.0653. The number of carbonyl (C=O) groups is 3. The van der Waals surface area contributed by atoms with Gasteiger partial charge in [0.2, 0.25) is 11.8 Å². The van der Waals surface area contributed by atoms with E-state index in [0.717, 1.165) is 25.0 Å². The molecule has 5 nitrogen and oxygen atoms in total. The van der Waals surface area contributed by atoms with Gasteiger partial charge in [-0.05, 0) is 31.9 Å². The number of urea groups is 1. The molecule has 0 aliphatic carbocycles. The molecule has 106 valence electrons. The second-order valence-corrected chi connectivity index (χ2v) is 7.14. The number of amides is 4. The van der Waals surface area contributed by atoms with Gasteiger partial charge in [-0.15, -0.1) is 0 Å². The van der Waals surface area contributed by atoms with Gasteiger partial charge in [0.15, 0.2) is 0 Å². The van der Waals surface area contributed by atoms with E-state index in [0.29, 0.717) is 13.0 Å². The summed E-state index contributed by atoms with van der Waals surface area (Å²) in [6.45, 7) is 4.40. The van der Waals surface area contributed by atoms with Gasteiger partial charge in [-0.1, -0.05) is 13.3 Å². The SMILES string of the molecule is CCCC1C(=O)NC(=O)N(CC2(C)CCCS2)C1=O. The number of hydrogen-bond donors (Lipinski definition) is 1. The van der Waals surface area contributed by atoms with Crippen LogP contribution in [0.15, 0.2) is 0 Å². The second kappa shape index (κ2) is 5.53. The van der Waals surface area contributed by atoms with E-state index in [1.165, 1.54) is 4.90 Å². The number of barbiturate groups is 1. The normalized spacial score (nSPS) is 31.8.